The minimum absolute atomic E-state index is 0.0264. The van der Waals surface area contributed by atoms with Gasteiger partial charge in [-0.05, 0) is 45.0 Å². The molecule has 0 saturated carbocycles. The number of carbonyl (C=O) groups is 2. The van der Waals surface area contributed by atoms with Crippen LogP contribution >= 0.6 is 0 Å². The van der Waals surface area contributed by atoms with Gasteiger partial charge in [-0.2, -0.15) is 0 Å². The fourth-order valence-electron chi connectivity index (χ4n) is 1.92. The van der Waals surface area contributed by atoms with Crippen molar-refractivity contribution in [3.8, 4) is 11.5 Å². The van der Waals surface area contributed by atoms with Crippen LogP contribution in [0, 0.1) is 0 Å². The van der Waals surface area contributed by atoms with Crippen LogP contribution in [0.4, 0.5) is 0 Å². The number of benzene rings is 1. The molecule has 1 aromatic rings. The highest BCUT2D eigenvalue weighted by Crippen LogP contribution is 2.16. The Labute approximate surface area is 137 Å². The Morgan fingerprint density at radius 3 is 2.17 bits per heavy atom. The molecule has 1 aromatic carbocycles. The van der Waals surface area contributed by atoms with Gasteiger partial charge < -0.3 is 19.7 Å². The van der Waals surface area contributed by atoms with Gasteiger partial charge in [-0.1, -0.05) is 0 Å². The van der Waals surface area contributed by atoms with E-state index in [-0.39, 0.29) is 23.9 Å². The second-order valence-electron chi connectivity index (χ2n) is 6.26. The average Bonchev–Trinajstić information content (AvgIpc) is 2.44. The van der Waals surface area contributed by atoms with Gasteiger partial charge >= 0.3 is 0 Å². The molecular weight excluding hydrogens is 296 g/mol. The summed E-state index contributed by atoms with van der Waals surface area (Å²) in [7, 11) is 1.60. The molecule has 128 valence electrons. The van der Waals surface area contributed by atoms with E-state index in [1.807, 2.05) is 20.8 Å². The molecule has 0 atom stereocenters. The fraction of sp³-hybridized carbons (Fsp3) is 0.529. The first-order valence-electron chi connectivity index (χ1n) is 7.54. The highest BCUT2D eigenvalue weighted by Gasteiger charge is 2.18. The lowest BCUT2D eigenvalue weighted by molar-refractivity contribution is -0.135. The van der Waals surface area contributed by atoms with Gasteiger partial charge in [0.15, 0.2) is 0 Å². The first-order valence-corrected chi connectivity index (χ1v) is 7.54. The molecule has 0 fully saturated rings. The molecule has 1 rings (SSSR count). The third-order valence-electron chi connectivity index (χ3n) is 2.98. The molecule has 0 aliphatic heterocycles. The van der Waals surface area contributed by atoms with E-state index in [0.29, 0.717) is 18.9 Å². The lowest BCUT2D eigenvalue weighted by atomic mass is 10.1. The van der Waals surface area contributed by atoms with Crippen LogP contribution in [-0.4, -0.2) is 49.1 Å². The molecule has 0 radical (unpaired) electrons. The molecule has 2 amide bonds. The van der Waals surface area contributed by atoms with Crippen molar-refractivity contribution in [3.63, 3.8) is 0 Å². The number of nitrogens with zero attached hydrogens (tertiary/aromatic N) is 1. The van der Waals surface area contributed by atoms with Crippen LogP contribution in [0.5, 0.6) is 11.5 Å². The summed E-state index contributed by atoms with van der Waals surface area (Å²) < 4.78 is 10.7. The predicted octanol–water partition coefficient (Wildman–Crippen LogP) is 1.84. The van der Waals surface area contributed by atoms with Crippen LogP contribution in [0.1, 0.15) is 27.7 Å². The molecule has 0 unspecified atom stereocenters. The Morgan fingerprint density at radius 1 is 1.13 bits per heavy atom. The predicted molar refractivity (Wildman–Crippen MR) is 88.6 cm³/mol. The zero-order valence-electron chi connectivity index (χ0n) is 14.5. The molecule has 0 aliphatic carbocycles. The second-order valence-corrected chi connectivity index (χ2v) is 6.26. The topological polar surface area (TPSA) is 67.9 Å². The maximum atomic E-state index is 11.9. The minimum Gasteiger partial charge on any atom is -0.497 e. The van der Waals surface area contributed by atoms with Crippen molar-refractivity contribution in [3.05, 3.63) is 24.3 Å². The molecule has 0 spiro atoms. The Kier molecular flexibility index (Phi) is 6.88. The van der Waals surface area contributed by atoms with E-state index in [1.165, 1.54) is 11.8 Å². The number of amides is 2. The van der Waals surface area contributed by atoms with Gasteiger partial charge in [-0.15, -0.1) is 0 Å². The second kappa shape index (κ2) is 8.41. The van der Waals surface area contributed by atoms with Crippen molar-refractivity contribution in [1.29, 1.82) is 0 Å². The largest absolute Gasteiger partial charge is 0.497 e. The summed E-state index contributed by atoms with van der Waals surface area (Å²) in [5, 5.41) is 2.84. The normalized spacial score (nSPS) is 10.8. The number of hydrogen-bond acceptors (Lipinski definition) is 4. The first-order chi connectivity index (χ1) is 10.7. The van der Waals surface area contributed by atoms with Crippen molar-refractivity contribution in [2.45, 2.75) is 33.2 Å². The van der Waals surface area contributed by atoms with Gasteiger partial charge in [0, 0.05) is 12.5 Å². The maximum Gasteiger partial charge on any atom is 0.240 e. The maximum absolute atomic E-state index is 11.9. The Morgan fingerprint density at radius 2 is 1.70 bits per heavy atom. The van der Waals surface area contributed by atoms with Gasteiger partial charge in [0.05, 0.1) is 20.2 Å². The van der Waals surface area contributed by atoms with Crippen LogP contribution in [0.3, 0.4) is 0 Å². The number of carbonyl (C=O) groups excluding carboxylic acids is 2. The summed E-state index contributed by atoms with van der Waals surface area (Å²) in [6, 6.07) is 7.19. The molecule has 23 heavy (non-hydrogen) atoms. The minimum atomic E-state index is -0.320. The number of hydrogen-bond donors (Lipinski definition) is 1. The van der Waals surface area contributed by atoms with Crippen molar-refractivity contribution < 1.29 is 19.1 Å². The van der Waals surface area contributed by atoms with Crippen LogP contribution in [-0.2, 0) is 9.59 Å². The van der Waals surface area contributed by atoms with Crippen molar-refractivity contribution in [2.24, 2.45) is 0 Å². The number of nitrogens with one attached hydrogen (secondary N) is 1. The van der Waals surface area contributed by atoms with Crippen LogP contribution in [0.25, 0.3) is 0 Å². The lowest BCUT2D eigenvalue weighted by Crippen LogP contribution is -2.47. The molecule has 0 saturated heterocycles. The smallest absolute Gasteiger partial charge is 0.240 e. The van der Waals surface area contributed by atoms with Gasteiger partial charge in [0.2, 0.25) is 11.8 Å². The van der Waals surface area contributed by atoms with Crippen molar-refractivity contribution in [1.82, 2.24) is 10.2 Å². The monoisotopic (exact) mass is 322 g/mol. The first kappa shape index (κ1) is 18.8. The Hall–Kier alpha value is -2.24. The van der Waals surface area contributed by atoms with Crippen LogP contribution in [0.2, 0.25) is 0 Å². The summed E-state index contributed by atoms with van der Waals surface area (Å²) in [5.41, 5.74) is -0.320. The third-order valence-corrected chi connectivity index (χ3v) is 2.98. The van der Waals surface area contributed by atoms with Gasteiger partial charge in [0.25, 0.3) is 0 Å². The van der Waals surface area contributed by atoms with Gasteiger partial charge in [0.1, 0.15) is 18.1 Å². The van der Waals surface area contributed by atoms with E-state index in [1.54, 1.807) is 31.4 Å². The highest BCUT2D eigenvalue weighted by atomic mass is 16.5. The van der Waals surface area contributed by atoms with E-state index < -0.39 is 0 Å². The molecule has 6 nitrogen and oxygen atoms in total. The van der Waals surface area contributed by atoms with E-state index in [4.69, 9.17) is 9.47 Å². The van der Waals surface area contributed by atoms with Crippen LogP contribution < -0.4 is 14.8 Å². The zero-order valence-corrected chi connectivity index (χ0v) is 14.5. The SMILES string of the molecule is COc1ccc(OCCN(CC(=O)NC(C)(C)C)C(C)=O)cc1. The summed E-state index contributed by atoms with van der Waals surface area (Å²) in [6.45, 7) is 7.82. The summed E-state index contributed by atoms with van der Waals surface area (Å²) in [6.07, 6.45) is 0. The molecule has 6 heteroatoms. The van der Waals surface area contributed by atoms with E-state index in [0.717, 1.165) is 5.75 Å². The van der Waals surface area contributed by atoms with Crippen molar-refractivity contribution in [2.75, 3.05) is 26.8 Å². The fourth-order valence-corrected chi connectivity index (χ4v) is 1.92. The van der Waals surface area contributed by atoms with Gasteiger partial charge in [-0.25, -0.2) is 0 Å². The molecule has 0 aliphatic rings. The Bertz CT molecular complexity index is 520. The summed E-state index contributed by atoms with van der Waals surface area (Å²) >= 11 is 0. The summed E-state index contributed by atoms with van der Waals surface area (Å²) in [5.74, 6) is 1.10. The van der Waals surface area contributed by atoms with E-state index in [2.05, 4.69) is 5.32 Å². The van der Waals surface area contributed by atoms with Crippen LogP contribution in [0.15, 0.2) is 24.3 Å². The quantitative estimate of drug-likeness (QED) is 0.832. The number of rotatable bonds is 7. The average molecular weight is 322 g/mol. The molecule has 0 aromatic heterocycles. The van der Waals surface area contributed by atoms with E-state index in [9.17, 15) is 9.59 Å². The molecule has 0 bridgehead atoms. The molecular formula is C17H26N2O4. The van der Waals surface area contributed by atoms with Crippen molar-refractivity contribution >= 4 is 11.8 Å². The number of ether oxygens (including phenoxy) is 2. The van der Waals surface area contributed by atoms with E-state index >= 15 is 0 Å². The molecule has 0 heterocycles. The highest BCUT2D eigenvalue weighted by molar-refractivity contribution is 5.84. The molecule has 1 N–H and O–H groups in total. The summed E-state index contributed by atoms with van der Waals surface area (Å²) in [4.78, 5) is 25.0. The Balaban J connectivity index is 2.46. The third kappa shape index (κ3) is 7.54. The number of methoxy groups -OCH3 is 1. The van der Waals surface area contributed by atoms with Gasteiger partial charge in [-0.3, -0.25) is 9.59 Å². The standard InChI is InChI=1S/C17H26N2O4/c1-13(20)19(12-16(21)18-17(2,3)4)10-11-23-15-8-6-14(22-5)7-9-15/h6-9H,10-12H2,1-5H3,(H,18,21). The zero-order chi connectivity index (χ0) is 17.5. The lowest BCUT2D eigenvalue weighted by Gasteiger charge is -2.25.